The first-order chi connectivity index (χ1) is 15.4. The van der Waals surface area contributed by atoms with Gasteiger partial charge in [-0.2, -0.15) is 5.10 Å². The average Bonchev–Trinajstić information content (AvgIpc) is 3.38. The summed E-state index contributed by atoms with van der Waals surface area (Å²) in [6, 6.07) is 12.6. The lowest BCUT2D eigenvalue weighted by molar-refractivity contribution is -0.120. The number of rotatable bonds is 7. The lowest BCUT2D eigenvalue weighted by atomic mass is 10.1. The highest BCUT2D eigenvalue weighted by molar-refractivity contribution is 5.79. The molecule has 7 heteroatoms. The van der Waals surface area contributed by atoms with Crippen LogP contribution in [-0.4, -0.2) is 50.2 Å². The van der Waals surface area contributed by atoms with E-state index >= 15 is 0 Å². The number of likely N-dealkylation sites (tertiary alicyclic amines) is 1. The molecule has 1 fully saturated rings. The summed E-state index contributed by atoms with van der Waals surface area (Å²) in [5.74, 6) is 0.560. The highest BCUT2D eigenvalue weighted by Gasteiger charge is 2.24. The van der Waals surface area contributed by atoms with Crippen molar-refractivity contribution in [1.29, 1.82) is 0 Å². The molecule has 1 unspecified atom stereocenters. The summed E-state index contributed by atoms with van der Waals surface area (Å²) in [5.41, 5.74) is 5.72. The molecule has 168 valence electrons. The van der Waals surface area contributed by atoms with Gasteiger partial charge in [-0.25, -0.2) is 14.6 Å². The molecule has 4 rings (SSSR count). The Morgan fingerprint density at radius 3 is 2.34 bits per heavy atom. The maximum Gasteiger partial charge on any atom is 0.251 e. The third-order valence-corrected chi connectivity index (χ3v) is 6.20. The Hall–Kier alpha value is -3.06. The Kier molecular flexibility index (Phi) is 6.65. The van der Waals surface area contributed by atoms with Gasteiger partial charge in [-0.05, 0) is 65.3 Å². The molecule has 1 saturated heterocycles. The molecule has 7 nitrogen and oxygen atoms in total. The Morgan fingerprint density at radius 1 is 1.03 bits per heavy atom. The van der Waals surface area contributed by atoms with Gasteiger partial charge in [0.25, 0.3) is 5.95 Å². The Morgan fingerprint density at radius 2 is 1.69 bits per heavy atom. The van der Waals surface area contributed by atoms with Crippen LogP contribution in [0.3, 0.4) is 0 Å². The largest absolute Gasteiger partial charge is 0.354 e. The quantitative estimate of drug-likeness (QED) is 0.619. The lowest BCUT2D eigenvalue weighted by Gasteiger charge is -2.28. The Bertz CT molecular complexity index is 1070. The van der Waals surface area contributed by atoms with Crippen molar-refractivity contribution < 1.29 is 4.79 Å². The van der Waals surface area contributed by atoms with E-state index in [1.807, 2.05) is 39.8 Å². The van der Waals surface area contributed by atoms with Crippen molar-refractivity contribution in [3.05, 3.63) is 70.3 Å². The average molecular weight is 433 g/mol. The second kappa shape index (κ2) is 9.61. The standard InChI is InChI=1S/C25H32N6O/c1-17-14-18(2)28-25(27-17)31-20(4)22(19(3)29-31)15-24(32)26-16-23(30-12-8-9-13-30)21-10-6-5-7-11-21/h5-7,10-11,14,23H,8-9,12-13,15-16H2,1-4H3,(H,26,32). The third kappa shape index (κ3) is 4.88. The van der Waals surface area contributed by atoms with Gasteiger partial charge in [-0.15, -0.1) is 0 Å². The van der Waals surface area contributed by atoms with Gasteiger partial charge in [0.15, 0.2) is 0 Å². The minimum atomic E-state index is 0.0113. The number of amides is 1. The third-order valence-electron chi connectivity index (χ3n) is 6.20. The van der Waals surface area contributed by atoms with E-state index in [1.165, 1.54) is 18.4 Å². The van der Waals surface area contributed by atoms with Crippen LogP contribution < -0.4 is 5.32 Å². The monoisotopic (exact) mass is 432 g/mol. The van der Waals surface area contributed by atoms with Gasteiger partial charge in [-0.1, -0.05) is 30.3 Å². The van der Waals surface area contributed by atoms with Crippen LogP contribution in [0.2, 0.25) is 0 Å². The molecule has 1 atom stereocenters. The predicted octanol–water partition coefficient (Wildman–Crippen LogP) is 3.39. The summed E-state index contributed by atoms with van der Waals surface area (Å²) in [5, 5.41) is 7.80. The smallest absolute Gasteiger partial charge is 0.251 e. The summed E-state index contributed by atoms with van der Waals surface area (Å²) in [6.07, 6.45) is 2.73. The number of nitrogens with zero attached hydrogens (tertiary/aromatic N) is 5. The predicted molar refractivity (Wildman–Crippen MR) is 125 cm³/mol. The van der Waals surface area contributed by atoms with Crippen LogP contribution in [0, 0.1) is 27.7 Å². The van der Waals surface area contributed by atoms with E-state index in [-0.39, 0.29) is 11.9 Å². The van der Waals surface area contributed by atoms with Crippen LogP contribution in [0.25, 0.3) is 5.95 Å². The first kappa shape index (κ1) is 22.1. The highest BCUT2D eigenvalue weighted by atomic mass is 16.1. The molecule has 2 aromatic heterocycles. The Balaban J connectivity index is 1.47. The minimum Gasteiger partial charge on any atom is -0.354 e. The SMILES string of the molecule is Cc1cc(C)nc(-n2nc(C)c(CC(=O)NCC(c3ccccc3)N3CCCC3)c2C)n1. The van der Waals surface area contributed by atoms with Crippen molar-refractivity contribution in [3.8, 4) is 5.95 Å². The maximum atomic E-state index is 12.9. The van der Waals surface area contributed by atoms with Crippen LogP contribution in [-0.2, 0) is 11.2 Å². The summed E-state index contributed by atoms with van der Waals surface area (Å²) in [7, 11) is 0. The number of carbonyl (C=O) groups is 1. The normalized spacial score (nSPS) is 15.1. The van der Waals surface area contributed by atoms with Crippen molar-refractivity contribution in [2.24, 2.45) is 0 Å². The summed E-state index contributed by atoms with van der Waals surface area (Å²) in [6.45, 7) is 10.6. The van der Waals surface area contributed by atoms with Crippen LogP contribution in [0.5, 0.6) is 0 Å². The fourth-order valence-electron chi connectivity index (χ4n) is 4.55. The zero-order valence-corrected chi connectivity index (χ0v) is 19.4. The van der Waals surface area contributed by atoms with E-state index in [0.29, 0.717) is 18.9 Å². The van der Waals surface area contributed by atoms with Gasteiger partial charge in [0.2, 0.25) is 5.91 Å². The van der Waals surface area contributed by atoms with Crippen molar-refractivity contribution in [2.45, 2.75) is 53.0 Å². The van der Waals surface area contributed by atoms with Crippen LogP contribution in [0.1, 0.15) is 52.8 Å². The van der Waals surface area contributed by atoms with Crippen LogP contribution in [0.4, 0.5) is 0 Å². The van der Waals surface area contributed by atoms with E-state index in [4.69, 9.17) is 0 Å². The minimum absolute atomic E-state index is 0.0113. The van der Waals surface area contributed by atoms with Crippen molar-refractivity contribution in [3.63, 3.8) is 0 Å². The zero-order chi connectivity index (χ0) is 22.7. The highest BCUT2D eigenvalue weighted by Crippen LogP contribution is 2.24. The summed E-state index contributed by atoms with van der Waals surface area (Å²) in [4.78, 5) is 24.4. The van der Waals surface area contributed by atoms with Gasteiger partial charge in [0.1, 0.15) is 0 Å². The number of aryl methyl sites for hydroxylation is 3. The van der Waals surface area contributed by atoms with Crippen molar-refractivity contribution in [2.75, 3.05) is 19.6 Å². The number of carbonyl (C=O) groups excluding carboxylic acids is 1. The van der Waals surface area contributed by atoms with Crippen molar-refractivity contribution >= 4 is 5.91 Å². The van der Waals surface area contributed by atoms with Gasteiger partial charge in [-0.3, -0.25) is 9.69 Å². The molecule has 1 aromatic carbocycles. The van der Waals surface area contributed by atoms with Gasteiger partial charge in [0.05, 0.1) is 18.2 Å². The fraction of sp³-hybridized carbons (Fsp3) is 0.440. The first-order valence-corrected chi connectivity index (χ1v) is 11.4. The molecule has 1 aliphatic heterocycles. The molecular weight excluding hydrogens is 400 g/mol. The summed E-state index contributed by atoms with van der Waals surface area (Å²) < 4.78 is 1.74. The maximum absolute atomic E-state index is 12.9. The second-order valence-corrected chi connectivity index (χ2v) is 8.66. The lowest BCUT2D eigenvalue weighted by Crippen LogP contribution is -2.37. The fourth-order valence-corrected chi connectivity index (χ4v) is 4.55. The molecule has 3 aromatic rings. The molecule has 0 radical (unpaired) electrons. The molecular formula is C25H32N6O. The van der Waals surface area contributed by atoms with E-state index < -0.39 is 0 Å². The molecule has 32 heavy (non-hydrogen) atoms. The number of nitrogens with one attached hydrogen (secondary N) is 1. The van der Waals surface area contributed by atoms with Crippen molar-refractivity contribution in [1.82, 2.24) is 30.0 Å². The Labute approximate surface area is 189 Å². The van der Waals surface area contributed by atoms with E-state index in [9.17, 15) is 4.79 Å². The topological polar surface area (TPSA) is 75.9 Å². The molecule has 1 amide bonds. The number of benzene rings is 1. The molecule has 1 N–H and O–H groups in total. The second-order valence-electron chi connectivity index (χ2n) is 8.66. The van der Waals surface area contributed by atoms with E-state index in [0.717, 1.165) is 41.4 Å². The molecule has 0 spiro atoms. The van der Waals surface area contributed by atoms with Crippen LogP contribution in [0.15, 0.2) is 36.4 Å². The van der Waals surface area contributed by atoms with E-state index in [1.54, 1.807) is 4.68 Å². The van der Waals surface area contributed by atoms with Gasteiger partial charge >= 0.3 is 0 Å². The number of hydrogen-bond donors (Lipinski definition) is 1. The molecule has 0 saturated carbocycles. The molecule has 0 bridgehead atoms. The van der Waals surface area contributed by atoms with E-state index in [2.05, 4.69) is 49.5 Å². The van der Waals surface area contributed by atoms with Gasteiger partial charge < -0.3 is 5.32 Å². The number of aromatic nitrogens is 4. The molecule has 1 aliphatic rings. The molecule has 3 heterocycles. The zero-order valence-electron chi connectivity index (χ0n) is 19.4. The van der Waals surface area contributed by atoms with Gasteiger partial charge in [0, 0.05) is 29.2 Å². The first-order valence-electron chi connectivity index (χ1n) is 11.4. The number of hydrogen-bond acceptors (Lipinski definition) is 5. The van der Waals surface area contributed by atoms with Crippen LogP contribution >= 0.6 is 0 Å². The summed E-state index contributed by atoms with van der Waals surface area (Å²) >= 11 is 0. The molecule has 0 aliphatic carbocycles.